The summed E-state index contributed by atoms with van der Waals surface area (Å²) in [5, 5.41) is 4.09. The Labute approximate surface area is 420 Å². The summed E-state index contributed by atoms with van der Waals surface area (Å²) in [6.07, 6.45) is 0. The van der Waals surface area contributed by atoms with Gasteiger partial charge < -0.3 is 9.47 Å². The number of fused-ring (bicyclic) bond motifs is 13. The van der Waals surface area contributed by atoms with Gasteiger partial charge in [-0.05, 0) is 173 Å². The Kier molecular flexibility index (Phi) is 9.31. The van der Waals surface area contributed by atoms with Crippen molar-refractivity contribution in [2.45, 2.75) is 38.5 Å². The first-order valence-corrected chi connectivity index (χ1v) is 25.5. The highest BCUT2D eigenvalue weighted by Gasteiger charge is 2.39. The molecule has 322 valence electrons. The Morgan fingerprint density at radius 1 is 0.373 bits per heavy atom. The molecule has 0 saturated carbocycles. The van der Waals surface area contributed by atoms with Crippen LogP contribution < -0.4 is 9.47 Å². The largest absolute Gasteiger partial charge is 0.457 e. The highest BCUT2D eigenvalue weighted by atomic mass is 127. The molecule has 0 bridgehead atoms. The maximum Gasteiger partial charge on any atom is 0.128 e. The summed E-state index contributed by atoms with van der Waals surface area (Å²) < 4.78 is 15.4. The molecular weight excluding hydrogens is 1070 g/mol. The highest BCUT2D eigenvalue weighted by Crippen LogP contribution is 2.58. The van der Waals surface area contributed by atoms with Crippen LogP contribution in [0.5, 0.6) is 23.0 Å². The van der Waals surface area contributed by atoms with E-state index < -0.39 is 0 Å². The quantitative estimate of drug-likeness (QED) is 0.123. The first-order chi connectivity index (χ1) is 32.5. The number of thiophene rings is 1. The van der Waals surface area contributed by atoms with E-state index in [4.69, 9.17) is 19.4 Å². The van der Waals surface area contributed by atoms with Gasteiger partial charge in [-0.2, -0.15) is 0 Å². The van der Waals surface area contributed by atoms with Crippen molar-refractivity contribution < 1.29 is 9.47 Å². The molecule has 0 spiro atoms. The van der Waals surface area contributed by atoms with E-state index in [1.54, 1.807) is 0 Å². The molecule has 2 heterocycles. The van der Waals surface area contributed by atoms with Gasteiger partial charge in [0.2, 0.25) is 0 Å². The van der Waals surface area contributed by atoms with Gasteiger partial charge in [-0.1, -0.05) is 125 Å². The first-order valence-electron chi connectivity index (χ1n) is 22.5. The van der Waals surface area contributed by atoms with Gasteiger partial charge in [-0.15, -0.1) is 11.3 Å². The second kappa shape index (κ2) is 15.2. The number of halogens is 2. The molecule has 2 aromatic heterocycles. The molecule has 9 aromatic carbocycles. The molecule has 0 N–H and O–H groups in total. The number of ether oxygens (including phenoxy) is 2. The second-order valence-electron chi connectivity index (χ2n) is 18.7. The Hall–Kier alpha value is -6.14. The molecule has 0 radical (unpaired) electrons. The molecule has 0 unspecified atom stereocenters. The topological polar surface area (TPSA) is 44.2 Å². The van der Waals surface area contributed by atoms with Crippen molar-refractivity contribution in [3.8, 4) is 66.1 Å². The lowest BCUT2D eigenvalue weighted by Crippen LogP contribution is -2.14. The smallest absolute Gasteiger partial charge is 0.128 e. The standard InChI is InChI=1S/C60H40I2N2O2S/c1-59(2)47-21-7-5-17-41(47)51-43(19-11-23-49(51)59)57-55-56(58(67-57)44-20-12-24-50-52(44)42-18-6-8-22-48(42)60(50,3)4)64-54-46-32-38(66-36-16-10-14-34(62)30-36)26-28-40(46)39-27-25-37(31-45(39)53(54)63-55)65-35-15-9-13-33(61)29-35/h5-32H,1-4H3. The Balaban J connectivity index is 1.15. The van der Waals surface area contributed by atoms with E-state index in [1.165, 1.54) is 55.6 Å². The predicted octanol–water partition coefficient (Wildman–Crippen LogP) is 17.9. The van der Waals surface area contributed by atoms with Gasteiger partial charge in [-0.3, -0.25) is 0 Å². The minimum atomic E-state index is -0.161. The third-order valence-electron chi connectivity index (χ3n) is 14.1. The number of hydrogen-bond donors (Lipinski definition) is 0. The Bertz CT molecular complexity index is 3670. The van der Waals surface area contributed by atoms with Gasteiger partial charge in [0.15, 0.2) is 0 Å². The molecule has 2 aliphatic carbocycles. The van der Waals surface area contributed by atoms with Crippen LogP contribution in [-0.4, -0.2) is 9.97 Å². The lowest BCUT2D eigenvalue weighted by atomic mass is 9.82. The van der Waals surface area contributed by atoms with E-state index in [9.17, 15) is 0 Å². The number of aromatic nitrogens is 2. The van der Waals surface area contributed by atoms with Crippen LogP contribution in [0.15, 0.2) is 170 Å². The van der Waals surface area contributed by atoms with Gasteiger partial charge in [0.1, 0.15) is 34.0 Å². The zero-order valence-electron chi connectivity index (χ0n) is 37.0. The van der Waals surface area contributed by atoms with Crippen LogP contribution in [0, 0.1) is 7.14 Å². The minimum Gasteiger partial charge on any atom is -0.457 e. The molecule has 0 aliphatic heterocycles. The van der Waals surface area contributed by atoms with Crippen molar-refractivity contribution in [2.24, 2.45) is 0 Å². The van der Waals surface area contributed by atoms with Crippen LogP contribution in [0.3, 0.4) is 0 Å². The second-order valence-corrected chi connectivity index (χ2v) is 22.2. The number of benzene rings is 9. The van der Waals surface area contributed by atoms with Crippen LogP contribution >= 0.6 is 56.5 Å². The summed E-state index contributed by atoms with van der Waals surface area (Å²) >= 11 is 6.48. The zero-order chi connectivity index (χ0) is 45.3. The van der Waals surface area contributed by atoms with Crippen molar-refractivity contribution in [3.05, 3.63) is 199 Å². The van der Waals surface area contributed by atoms with Crippen molar-refractivity contribution in [1.29, 1.82) is 0 Å². The van der Waals surface area contributed by atoms with Crippen molar-refractivity contribution >= 4 is 100 Å². The molecule has 13 rings (SSSR count). The van der Waals surface area contributed by atoms with Gasteiger partial charge in [0.05, 0.1) is 20.8 Å². The Morgan fingerprint density at radius 2 is 0.761 bits per heavy atom. The van der Waals surface area contributed by atoms with Crippen LogP contribution in [0.2, 0.25) is 0 Å². The van der Waals surface area contributed by atoms with Gasteiger partial charge >= 0.3 is 0 Å². The normalized spacial score (nSPS) is 14.1. The van der Waals surface area contributed by atoms with E-state index in [2.05, 4.69) is 218 Å². The molecule has 0 fully saturated rings. The molecule has 67 heavy (non-hydrogen) atoms. The fourth-order valence-electron chi connectivity index (χ4n) is 10.9. The predicted molar refractivity (Wildman–Crippen MR) is 294 cm³/mol. The monoisotopic (exact) mass is 1110 g/mol. The van der Waals surface area contributed by atoms with Crippen molar-refractivity contribution in [3.63, 3.8) is 0 Å². The van der Waals surface area contributed by atoms with Gasteiger partial charge in [0, 0.05) is 39.9 Å². The third kappa shape index (κ3) is 6.33. The molecule has 0 amide bonds. The summed E-state index contributed by atoms with van der Waals surface area (Å²) in [6.45, 7) is 9.40. The highest BCUT2D eigenvalue weighted by molar-refractivity contribution is 14.1. The van der Waals surface area contributed by atoms with Crippen molar-refractivity contribution in [2.75, 3.05) is 0 Å². The number of nitrogens with zero attached hydrogens (tertiary/aromatic N) is 2. The lowest BCUT2D eigenvalue weighted by molar-refractivity contribution is 0.482. The number of rotatable bonds is 6. The maximum absolute atomic E-state index is 6.59. The van der Waals surface area contributed by atoms with Gasteiger partial charge in [0.25, 0.3) is 0 Å². The van der Waals surface area contributed by atoms with Crippen LogP contribution in [0.4, 0.5) is 0 Å². The third-order valence-corrected chi connectivity index (χ3v) is 16.7. The lowest BCUT2D eigenvalue weighted by Gasteiger charge is -2.21. The van der Waals surface area contributed by atoms with E-state index in [0.717, 1.165) is 83.5 Å². The minimum absolute atomic E-state index is 0.161. The molecule has 4 nitrogen and oxygen atoms in total. The summed E-state index contributed by atoms with van der Waals surface area (Å²) in [5.74, 6) is 3.05. The fourth-order valence-corrected chi connectivity index (χ4v) is 13.2. The van der Waals surface area contributed by atoms with E-state index in [1.807, 2.05) is 35.6 Å². The molecule has 2 aliphatic rings. The van der Waals surface area contributed by atoms with Crippen LogP contribution in [0.25, 0.3) is 86.7 Å². The fraction of sp³-hybridized carbons (Fsp3) is 0.100. The average molecular weight is 1110 g/mol. The van der Waals surface area contributed by atoms with Crippen molar-refractivity contribution in [1.82, 2.24) is 9.97 Å². The summed E-state index contributed by atoms with van der Waals surface area (Å²) in [5.41, 5.74) is 15.9. The van der Waals surface area contributed by atoms with E-state index in [0.29, 0.717) is 0 Å². The van der Waals surface area contributed by atoms with Crippen LogP contribution in [-0.2, 0) is 10.8 Å². The molecule has 11 aromatic rings. The zero-order valence-corrected chi connectivity index (χ0v) is 42.2. The van der Waals surface area contributed by atoms with Gasteiger partial charge in [-0.25, -0.2) is 9.97 Å². The first kappa shape index (κ1) is 41.1. The summed E-state index contributed by atoms with van der Waals surface area (Å²) in [4.78, 5) is 14.0. The summed E-state index contributed by atoms with van der Waals surface area (Å²) in [6, 6.07) is 60.6. The molecule has 0 atom stereocenters. The summed E-state index contributed by atoms with van der Waals surface area (Å²) in [7, 11) is 0. The van der Waals surface area contributed by atoms with E-state index >= 15 is 0 Å². The Morgan fingerprint density at radius 3 is 1.21 bits per heavy atom. The molecular formula is C60H40I2N2O2S. The molecule has 7 heteroatoms. The molecule has 0 saturated heterocycles. The van der Waals surface area contributed by atoms with Crippen LogP contribution in [0.1, 0.15) is 49.9 Å². The average Bonchev–Trinajstić information content (AvgIpc) is 3.91. The maximum atomic E-state index is 6.59. The van der Waals surface area contributed by atoms with E-state index in [-0.39, 0.29) is 10.8 Å². The number of hydrogen-bond acceptors (Lipinski definition) is 5. The SMILES string of the molecule is CC1(C)c2ccccc2-c2c(-c3sc(-c4cccc5c4-c4ccccc4C5(C)C)c4nc5c6cc(Oc7cccc(I)c7)ccc6c6ccc(Oc7cccc(I)c7)cc6c5nc34)cccc21.